The lowest BCUT2D eigenvalue weighted by molar-refractivity contribution is -0.130. The van der Waals surface area contributed by atoms with Gasteiger partial charge in [0.1, 0.15) is 0 Å². The molecule has 1 amide bonds. The fraction of sp³-hybridized carbons (Fsp3) is 0.895. The molecule has 0 saturated heterocycles. The molecule has 1 atom stereocenters. The minimum Gasteiger partial charge on any atom is -0.346 e. The number of hydrogen-bond donors (Lipinski definition) is 1. The second-order valence-corrected chi connectivity index (χ2v) is 7.25. The lowest BCUT2D eigenvalue weighted by atomic mass is 9.83. The predicted molar refractivity (Wildman–Crippen MR) is 93.8 cm³/mol. The van der Waals surface area contributed by atoms with E-state index in [9.17, 15) is 9.59 Å². The quantitative estimate of drug-likeness (QED) is 0.735. The largest absolute Gasteiger partial charge is 0.346 e. The van der Waals surface area contributed by atoms with Crippen molar-refractivity contribution in [1.82, 2.24) is 5.32 Å². The second-order valence-electron chi connectivity index (χ2n) is 7.25. The maximum Gasteiger partial charge on any atom is 0.220 e. The van der Waals surface area contributed by atoms with E-state index >= 15 is 0 Å². The van der Waals surface area contributed by atoms with Gasteiger partial charge in [-0.25, -0.2) is 0 Å². The summed E-state index contributed by atoms with van der Waals surface area (Å²) < 4.78 is 0. The zero-order chi connectivity index (χ0) is 17.2. The van der Waals surface area contributed by atoms with Crippen LogP contribution in [0.1, 0.15) is 92.9 Å². The third kappa shape index (κ3) is 7.95. The normalized spacial score (nSPS) is 17.7. The second kappa shape index (κ2) is 10.8. The van der Waals surface area contributed by atoms with Crippen molar-refractivity contribution in [2.75, 3.05) is 0 Å². The smallest absolute Gasteiger partial charge is 0.220 e. The number of rotatable bonds is 5. The fourth-order valence-corrected chi connectivity index (χ4v) is 3.03. The van der Waals surface area contributed by atoms with Gasteiger partial charge < -0.3 is 5.32 Å². The Balaban J connectivity index is 0.00000211. The third-order valence-corrected chi connectivity index (χ3v) is 4.29. The molecule has 1 saturated carbocycles. The Kier molecular flexibility index (Phi) is 10.4. The molecule has 22 heavy (non-hydrogen) atoms. The molecule has 0 radical (unpaired) electrons. The van der Waals surface area contributed by atoms with Crippen LogP contribution in [0.4, 0.5) is 0 Å². The van der Waals surface area contributed by atoms with Gasteiger partial charge in [-0.15, -0.1) is 0 Å². The van der Waals surface area contributed by atoms with Crippen molar-refractivity contribution in [3.63, 3.8) is 0 Å². The van der Waals surface area contributed by atoms with Crippen LogP contribution in [0.25, 0.3) is 0 Å². The molecule has 3 nitrogen and oxygen atoms in total. The molecule has 0 aromatic carbocycles. The van der Waals surface area contributed by atoms with Crippen LogP contribution >= 0.6 is 0 Å². The SMILES string of the molecule is CC.CCC(=O)C(NC(=O)CC1CCCCCC1)C(C)(C)C. The predicted octanol–water partition coefficient (Wildman–Crippen LogP) is 4.88. The average Bonchev–Trinajstić information content (AvgIpc) is 2.73. The van der Waals surface area contributed by atoms with Crippen molar-refractivity contribution >= 4 is 11.7 Å². The van der Waals surface area contributed by atoms with Gasteiger partial charge >= 0.3 is 0 Å². The Hall–Kier alpha value is -0.860. The molecular weight excluding hydrogens is 274 g/mol. The van der Waals surface area contributed by atoms with Gasteiger partial charge in [0, 0.05) is 12.8 Å². The molecule has 1 N–H and O–H groups in total. The molecule has 0 heterocycles. The highest BCUT2D eigenvalue weighted by Crippen LogP contribution is 2.26. The summed E-state index contributed by atoms with van der Waals surface area (Å²) in [5.74, 6) is 0.695. The molecule has 0 aliphatic heterocycles. The van der Waals surface area contributed by atoms with Crippen molar-refractivity contribution < 1.29 is 9.59 Å². The number of ketones is 1. The van der Waals surface area contributed by atoms with Gasteiger partial charge in [0.15, 0.2) is 5.78 Å². The third-order valence-electron chi connectivity index (χ3n) is 4.29. The van der Waals surface area contributed by atoms with Gasteiger partial charge in [-0.1, -0.05) is 67.2 Å². The van der Waals surface area contributed by atoms with Gasteiger partial charge in [-0.2, -0.15) is 0 Å². The number of amides is 1. The summed E-state index contributed by atoms with van der Waals surface area (Å²) in [6.45, 7) is 11.9. The van der Waals surface area contributed by atoms with Crippen molar-refractivity contribution in [3.8, 4) is 0 Å². The van der Waals surface area contributed by atoms with Crippen molar-refractivity contribution in [2.24, 2.45) is 11.3 Å². The van der Waals surface area contributed by atoms with Gasteiger partial charge in [0.05, 0.1) is 6.04 Å². The van der Waals surface area contributed by atoms with Crippen LogP contribution in [0.2, 0.25) is 0 Å². The van der Waals surface area contributed by atoms with Crippen LogP contribution in [0, 0.1) is 11.3 Å². The minimum absolute atomic E-state index is 0.0543. The summed E-state index contributed by atoms with van der Waals surface area (Å²) in [4.78, 5) is 24.3. The molecule has 0 aromatic rings. The highest BCUT2D eigenvalue weighted by molar-refractivity contribution is 5.89. The lowest BCUT2D eigenvalue weighted by Crippen LogP contribution is -2.49. The molecule has 0 spiro atoms. The van der Waals surface area contributed by atoms with Gasteiger partial charge in [0.2, 0.25) is 5.91 Å². The van der Waals surface area contributed by atoms with E-state index < -0.39 is 0 Å². The summed E-state index contributed by atoms with van der Waals surface area (Å²) in [5, 5.41) is 2.99. The zero-order valence-electron chi connectivity index (χ0n) is 15.6. The highest BCUT2D eigenvalue weighted by Gasteiger charge is 2.31. The van der Waals surface area contributed by atoms with Crippen LogP contribution in [-0.2, 0) is 9.59 Å². The van der Waals surface area contributed by atoms with Crippen LogP contribution in [0.15, 0.2) is 0 Å². The number of Topliss-reactive ketones (excluding diaryl/α,β-unsaturated/α-hetero) is 1. The maximum atomic E-state index is 12.2. The molecule has 1 aliphatic carbocycles. The molecule has 130 valence electrons. The van der Waals surface area contributed by atoms with Crippen LogP contribution < -0.4 is 5.32 Å². The summed E-state index contributed by atoms with van der Waals surface area (Å²) >= 11 is 0. The summed E-state index contributed by atoms with van der Waals surface area (Å²) in [6.07, 6.45) is 8.48. The minimum atomic E-state index is -0.356. The van der Waals surface area contributed by atoms with Crippen molar-refractivity contribution in [3.05, 3.63) is 0 Å². The number of nitrogens with one attached hydrogen (secondary N) is 1. The summed E-state index contributed by atoms with van der Waals surface area (Å²) in [7, 11) is 0. The van der Waals surface area contributed by atoms with E-state index in [-0.39, 0.29) is 23.1 Å². The Morgan fingerprint density at radius 1 is 1.05 bits per heavy atom. The summed E-state index contributed by atoms with van der Waals surface area (Å²) in [6, 6.07) is -0.356. The summed E-state index contributed by atoms with van der Waals surface area (Å²) in [5.41, 5.74) is -0.216. The monoisotopic (exact) mass is 311 g/mol. The Morgan fingerprint density at radius 3 is 1.95 bits per heavy atom. The number of carbonyl (C=O) groups is 2. The lowest BCUT2D eigenvalue weighted by Gasteiger charge is -2.30. The first-order valence-electron chi connectivity index (χ1n) is 9.16. The first kappa shape index (κ1) is 21.1. The van der Waals surface area contributed by atoms with Crippen LogP contribution in [0.3, 0.4) is 0 Å². The number of carbonyl (C=O) groups excluding carboxylic acids is 2. The standard InChI is InChI=1S/C17H31NO2.C2H6/c1-5-14(19)16(17(2,3)4)18-15(20)12-13-10-8-6-7-9-11-13;1-2/h13,16H,5-12H2,1-4H3,(H,18,20);1-2H3. The molecule has 0 aromatic heterocycles. The maximum absolute atomic E-state index is 12.2. The van der Waals surface area contributed by atoms with E-state index in [4.69, 9.17) is 0 Å². The molecular formula is C19H37NO2. The van der Waals surface area contributed by atoms with E-state index in [1.54, 1.807) is 0 Å². The molecule has 1 aliphatic rings. The molecule has 3 heteroatoms. The highest BCUT2D eigenvalue weighted by atomic mass is 16.2. The van der Waals surface area contributed by atoms with Crippen LogP contribution in [-0.4, -0.2) is 17.7 Å². The zero-order valence-corrected chi connectivity index (χ0v) is 15.6. The van der Waals surface area contributed by atoms with Crippen molar-refractivity contribution in [2.45, 2.75) is 99.0 Å². The van der Waals surface area contributed by atoms with Gasteiger partial charge in [-0.05, 0) is 24.2 Å². The van der Waals surface area contributed by atoms with E-state index in [0.717, 1.165) is 12.8 Å². The Labute approximate surface area is 137 Å². The fourth-order valence-electron chi connectivity index (χ4n) is 3.03. The van der Waals surface area contributed by atoms with E-state index in [2.05, 4.69) is 5.32 Å². The molecule has 1 rings (SSSR count). The first-order chi connectivity index (χ1) is 10.3. The van der Waals surface area contributed by atoms with E-state index in [0.29, 0.717) is 18.8 Å². The van der Waals surface area contributed by atoms with Gasteiger partial charge in [-0.3, -0.25) is 9.59 Å². The topological polar surface area (TPSA) is 46.2 Å². The van der Waals surface area contributed by atoms with Crippen LogP contribution in [0.5, 0.6) is 0 Å². The first-order valence-corrected chi connectivity index (χ1v) is 9.16. The Morgan fingerprint density at radius 2 is 1.55 bits per heavy atom. The van der Waals surface area contributed by atoms with Gasteiger partial charge in [0.25, 0.3) is 0 Å². The van der Waals surface area contributed by atoms with Crippen molar-refractivity contribution in [1.29, 1.82) is 0 Å². The average molecular weight is 312 g/mol. The molecule has 1 fully saturated rings. The Bertz CT molecular complexity index is 323. The van der Waals surface area contributed by atoms with E-state index in [1.807, 2.05) is 41.5 Å². The molecule has 0 bridgehead atoms. The molecule has 1 unspecified atom stereocenters. The van der Waals surface area contributed by atoms with E-state index in [1.165, 1.54) is 25.7 Å². The number of hydrogen-bond acceptors (Lipinski definition) is 2.